The maximum absolute atomic E-state index is 5.99. The summed E-state index contributed by atoms with van der Waals surface area (Å²) in [5, 5.41) is 9.18. The lowest BCUT2D eigenvalue weighted by Gasteiger charge is -2.05. The fraction of sp³-hybridized carbons (Fsp3) is 0. The zero-order chi connectivity index (χ0) is 12.5. The number of nitrogen functional groups attached to an aromatic ring is 1. The highest BCUT2D eigenvalue weighted by molar-refractivity contribution is 9.10. The third-order valence-corrected chi connectivity index (χ3v) is 4.28. The molecule has 1 aromatic carbocycles. The number of H-pyrrole nitrogens is 1. The van der Waals surface area contributed by atoms with Gasteiger partial charge in [0.05, 0.1) is 16.1 Å². The molecule has 3 rings (SSSR count). The van der Waals surface area contributed by atoms with Crippen molar-refractivity contribution in [1.29, 1.82) is 0 Å². The lowest BCUT2D eigenvalue weighted by atomic mass is 10.0. The molecule has 5 heteroatoms. The van der Waals surface area contributed by atoms with Crippen LogP contribution in [0.4, 0.5) is 5.82 Å². The van der Waals surface area contributed by atoms with Crippen LogP contribution >= 0.6 is 27.3 Å². The second-order valence-electron chi connectivity index (χ2n) is 3.82. The van der Waals surface area contributed by atoms with Crippen LogP contribution in [0.2, 0.25) is 0 Å². The van der Waals surface area contributed by atoms with Crippen LogP contribution < -0.4 is 5.73 Å². The van der Waals surface area contributed by atoms with Crippen LogP contribution in [0.1, 0.15) is 0 Å². The molecule has 2 aromatic heterocycles. The van der Waals surface area contributed by atoms with Crippen LogP contribution in [-0.4, -0.2) is 10.2 Å². The van der Waals surface area contributed by atoms with Crippen LogP contribution in [0, 0.1) is 0 Å². The molecule has 0 aliphatic carbocycles. The highest BCUT2D eigenvalue weighted by Crippen LogP contribution is 2.39. The van der Waals surface area contributed by atoms with Gasteiger partial charge in [0.15, 0.2) is 5.82 Å². The lowest BCUT2D eigenvalue weighted by molar-refractivity contribution is 1.11. The summed E-state index contributed by atoms with van der Waals surface area (Å²) in [6.45, 7) is 0. The Morgan fingerprint density at radius 1 is 1.17 bits per heavy atom. The van der Waals surface area contributed by atoms with E-state index in [0.717, 1.165) is 26.2 Å². The number of hydrogen-bond acceptors (Lipinski definition) is 3. The number of aromatic amines is 1. The topological polar surface area (TPSA) is 54.7 Å². The molecule has 0 saturated heterocycles. The molecule has 0 atom stereocenters. The highest BCUT2D eigenvalue weighted by atomic mass is 79.9. The van der Waals surface area contributed by atoms with E-state index in [4.69, 9.17) is 5.73 Å². The number of benzene rings is 1. The van der Waals surface area contributed by atoms with Crippen molar-refractivity contribution in [3.8, 4) is 21.7 Å². The first-order chi connectivity index (χ1) is 8.77. The molecule has 2 heterocycles. The summed E-state index contributed by atoms with van der Waals surface area (Å²) in [6.07, 6.45) is 0. The third kappa shape index (κ3) is 1.85. The fourth-order valence-electron chi connectivity index (χ4n) is 1.89. The summed E-state index contributed by atoms with van der Waals surface area (Å²) in [6, 6.07) is 12.1. The smallest absolute Gasteiger partial charge is 0.153 e. The molecule has 0 radical (unpaired) electrons. The average Bonchev–Trinajstić information content (AvgIpc) is 2.99. The molecule has 18 heavy (non-hydrogen) atoms. The first-order valence-corrected chi connectivity index (χ1v) is 7.07. The SMILES string of the molecule is Nc1n[nH]c(-c2cccs2)c1-c1ccccc1Br. The largest absolute Gasteiger partial charge is 0.382 e. The summed E-state index contributed by atoms with van der Waals surface area (Å²) in [4.78, 5) is 1.13. The molecule has 0 saturated carbocycles. The first-order valence-electron chi connectivity index (χ1n) is 5.40. The molecule has 90 valence electrons. The van der Waals surface area contributed by atoms with Crippen molar-refractivity contribution < 1.29 is 0 Å². The van der Waals surface area contributed by atoms with Crippen molar-refractivity contribution in [2.75, 3.05) is 5.73 Å². The van der Waals surface area contributed by atoms with Gasteiger partial charge in [0.2, 0.25) is 0 Å². The summed E-state index contributed by atoms with van der Waals surface area (Å²) >= 11 is 5.22. The molecular formula is C13H10BrN3S. The Morgan fingerprint density at radius 2 is 2.00 bits per heavy atom. The second-order valence-corrected chi connectivity index (χ2v) is 5.62. The van der Waals surface area contributed by atoms with Gasteiger partial charge in [-0.3, -0.25) is 5.10 Å². The van der Waals surface area contributed by atoms with E-state index in [-0.39, 0.29) is 0 Å². The van der Waals surface area contributed by atoms with Crippen molar-refractivity contribution in [3.63, 3.8) is 0 Å². The molecule has 0 aliphatic heterocycles. The van der Waals surface area contributed by atoms with E-state index < -0.39 is 0 Å². The zero-order valence-corrected chi connectivity index (χ0v) is 11.8. The number of halogens is 1. The second kappa shape index (κ2) is 4.59. The number of hydrogen-bond donors (Lipinski definition) is 2. The first kappa shape index (κ1) is 11.5. The van der Waals surface area contributed by atoms with Crippen molar-refractivity contribution in [2.45, 2.75) is 0 Å². The minimum atomic E-state index is 0.519. The van der Waals surface area contributed by atoms with E-state index in [1.807, 2.05) is 35.7 Å². The van der Waals surface area contributed by atoms with Crippen LogP contribution in [0.15, 0.2) is 46.3 Å². The molecule has 3 N–H and O–H groups in total. The summed E-state index contributed by atoms with van der Waals surface area (Å²) in [5.74, 6) is 0.519. The molecule has 0 fully saturated rings. The van der Waals surface area contributed by atoms with Gasteiger partial charge in [-0.1, -0.05) is 40.2 Å². The number of aromatic nitrogens is 2. The Balaban J connectivity index is 2.24. The molecule has 0 aliphatic rings. The molecule has 0 bridgehead atoms. The van der Waals surface area contributed by atoms with Crippen LogP contribution in [-0.2, 0) is 0 Å². The van der Waals surface area contributed by atoms with Crippen molar-refractivity contribution in [2.24, 2.45) is 0 Å². The molecule has 3 nitrogen and oxygen atoms in total. The maximum atomic E-state index is 5.99. The number of rotatable bonds is 2. The predicted octanol–water partition coefficient (Wildman–Crippen LogP) is 4.15. The van der Waals surface area contributed by atoms with Gasteiger partial charge in [-0.05, 0) is 17.5 Å². The van der Waals surface area contributed by atoms with Gasteiger partial charge in [0.25, 0.3) is 0 Å². The van der Waals surface area contributed by atoms with Gasteiger partial charge in [0, 0.05) is 10.0 Å². The fourth-order valence-corrected chi connectivity index (χ4v) is 3.10. The Morgan fingerprint density at radius 3 is 2.72 bits per heavy atom. The Kier molecular flexibility index (Phi) is 2.93. The number of nitrogens with two attached hydrogens (primary N) is 1. The van der Waals surface area contributed by atoms with E-state index in [1.54, 1.807) is 11.3 Å². The monoisotopic (exact) mass is 319 g/mol. The van der Waals surface area contributed by atoms with Crippen molar-refractivity contribution in [3.05, 3.63) is 46.3 Å². The van der Waals surface area contributed by atoms with Gasteiger partial charge >= 0.3 is 0 Å². The Bertz CT molecular complexity index is 673. The summed E-state index contributed by atoms with van der Waals surface area (Å²) in [5.41, 5.74) is 8.95. The Hall–Kier alpha value is -1.59. The number of anilines is 1. The standard InChI is InChI=1S/C13H10BrN3S/c14-9-5-2-1-4-8(9)11-12(16-17-13(11)15)10-6-3-7-18-10/h1-7H,(H3,15,16,17). The van der Waals surface area contributed by atoms with Crippen molar-refractivity contribution in [1.82, 2.24) is 10.2 Å². The quantitative estimate of drug-likeness (QED) is 0.745. The maximum Gasteiger partial charge on any atom is 0.153 e. The number of thiophene rings is 1. The summed E-state index contributed by atoms with van der Waals surface area (Å²) < 4.78 is 1.01. The molecule has 0 spiro atoms. The third-order valence-electron chi connectivity index (χ3n) is 2.71. The van der Waals surface area contributed by atoms with Gasteiger partial charge in [0.1, 0.15) is 0 Å². The zero-order valence-electron chi connectivity index (χ0n) is 9.35. The average molecular weight is 320 g/mol. The summed E-state index contributed by atoms with van der Waals surface area (Å²) in [7, 11) is 0. The lowest BCUT2D eigenvalue weighted by Crippen LogP contribution is -1.89. The van der Waals surface area contributed by atoms with E-state index in [2.05, 4.69) is 32.2 Å². The van der Waals surface area contributed by atoms with Gasteiger partial charge in [-0.25, -0.2) is 0 Å². The van der Waals surface area contributed by atoms with Gasteiger partial charge < -0.3 is 5.73 Å². The molecular weight excluding hydrogens is 310 g/mol. The van der Waals surface area contributed by atoms with Crippen LogP contribution in [0.3, 0.4) is 0 Å². The van der Waals surface area contributed by atoms with E-state index >= 15 is 0 Å². The van der Waals surface area contributed by atoms with Gasteiger partial charge in [-0.15, -0.1) is 11.3 Å². The predicted molar refractivity (Wildman–Crippen MR) is 79.4 cm³/mol. The molecule has 0 unspecified atom stereocenters. The molecule has 0 amide bonds. The normalized spacial score (nSPS) is 10.7. The Labute approximate surface area is 117 Å². The minimum Gasteiger partial charge on any atom is -0.382 e. The van der Waals surface area contributed by atoms with Crippen molar-refractivity contribution >= 4 is 33.1 Å². The van der Waals surface area contributed by atoms with E-state index in [9.17, 15) is 0 Å². The van der Waals surface area contributed by atoms with Crippen LogP contribution in [0.5, 0.6) is 0 Å². The van der Waals surface area contributed by atoms with Crippen LogP contribution in [0.25, 0.3) is 21.7 Å². The highest BCUT2D eigenvalue weighted by Gasteiger charge is 2.16. The molecule has 3 aromatic rings. The van der Waals surface area contributed by atoms with E-state index in [1.165, 1.54) is 0 Å². The van der Waals surface area contributed by atoms with Gasteiger partial charge in [-0.2, -0.15) is 5.10 Å². The number of nitrogens with one attached hydrogen (secondary N) is 1. The minimum absolute atomic E-state index is 0.519. The number of nitrogens with zero attached hydrogens (tertiary/aromatic N) is 1. The van der Waals surface area contributed by atoms with E-state index in [0.29, 0.717) is 5.82 Å².